The number of rotatable bonds is 7. The van der Waals surface area contributed by atoms with Gasteiger partial charge in [-0.25, -0.2) is 12.8 Å². The van der Waals surface area contributed by atoms with Gasteiger partial charge in [-0.05, 0) is 76.1 Å². The Hall–Kier alpha value is -3.33. The van der Waals surface area contributed by atoms with E-state index in [0.717, 1.165) is 30.3 Å². The number of hydrogen-bond donors (Lipinski definition) is 0. The molecule has 0 saturated carbocycles. The highest BCUT2D eigenvalue weighted by atomic mass is 32.2. The second-order valence-corrected chi connectivity index (χ2v) is 12.2. The molecule has 0 N–H and O–H groups in total. The molecule has 0 unspecified atom stereocenters. The number of ether oxygens (including phenoxy) is 2. The van der Waals surface area contributed by atoms with Crippen LogP contribution in [0.15, 0.2) is 41.3 Å². The smallest absolute Gasteiger partial charge is 0.427 e. The van der Waals surface area contributed by atoms with Crippen LogP contribution in [-0.2, 0) is 26.0 Å². The van der Waals surface area contributed by atoms with E-state index in [2.05, 4.69) is 10.8 Å². The molecule has 206 valence electrons. The minimum absolute atomic E-state index is 0.0540. The molecule has 0 saturated heterocycles. The predicted molar refractivity (Wildman–Crippen MR) is 130 cm³/mol. The molecule has 0 bridgehead atoms. The highest BCUT2D eigenvalue weighted by molar-refractivity contribution is 7.92. The quantitative estimate of drug-likeness (QED) is 0.332. The van der Waals surface area contributed by atoms with Crippen molar-refractivity contribution in [1.82, 2.24) is 0 Å². The van der Waals surface area contributed by atoms with Crippen molar-refractivity contribution in [3.63, 3.8) is 0 Å². The van der Waals surface area contributed by atoms with Crippen LogP contribution in [0, 0.1) is 29.5 Å². The Bertz CT molecular complexity index is 1380. The van der Waals surface area contributed by atoms with Crippen LogP contribution in [0.1, 0.15) is 45.2 Å². The van der Waals surface area contributed by atoms with Gasteiger partial charge in [-0.2, -0.15) is 18.4 Å². The van der Waals surface area contributed by atoms with Crippen LogP contribution in [0.3, 0.4) is 0 Å². The van der Waals surface area contributed by atoms with Crippen molar-refractivity contribution in [3.8, 4) is 11.8 Å². The highest BCUT2D eigenvalue weighted by Gasteiger charge is 2.50. The number of sulfonamides is 1. The lowest BCUT2D eigenvalue weighted by molar-refractivity contribution is -0.257. The van der Waals surface area contributed by atoms with Crippen molar-refractivity contribution in [2.24, 2.45) is 5.41 Å². The van der Waals surface area contributed by atoms with Crippen molar-refractivity contribution >= 4 is 21.7 Å². The number of fused-ring (bicyclic) bond motifs is 1. The number of carbonyl (C=O) groups excluding carboxylic acids is 1. The van der Waals surface area contributed by atoms with E-state index in [9.17, 15) is 36.0 Å². The predicted octanol–water partition coefficient (Wildman–Crippen LogP) is 5.46. The second-order valence-electron chi connectivity index (χ2n) is 10.3. The molecule has 12 heteroatoms. The molecule has 7 nitrogen and oxygen atoms in total. The summed E-state index contributed by atoms with van der Waals surface area (Å²) in [5, 5.41) is 9.44. The first-order chi connectivity index (χ1) is 17.4. The van der Waals surface area contributed by atoms with E-state index in [1.54, 1.807) is 13.8 Å². The fraction of sp³-hybridized carbons (Fsp3) is 0.462. The summed E-state index contributed by atoms with van der Waals surface area (Å²) < 4.78 is 92.3. The number of aryl methyl sites for hydroxylation is 1. The van der Waals surface area contributed by atoms with Gasteiger partial charge in [0.05, 0.1) is 35.0 Å². The maximum atomic E-state index is 13.8. The van der Waals surface area contributed by atoms with Gasteiger partial charge in [-0.15, -0.1) is 0 Å². The molecule has 2 aromatic rings. The Balaban J connectivity index is 2.01. The molecule has 38 heavy (non-hydrogen) atoms. The van der Waals surface area contributed by atoms with Crippen molar-refractivity contribution in [2.45, 2.75) is 70.2 Å². The van der Waals surface area contributed by atoms with E-state index in [0.29, 0.717) is 0 Å². The molecule has 1 aliphatic rings. The Kier molecular flexibility index (Phi) is 7.76. The van der Waals surface area contributed by atoms with Crippen LogP contribution in [0.5, 0.6) is 5.75 Å². The average molecular weight is 557 g/mol. The van der Waals surface area contributed by atoms with Crippen LogP contribution >= 0.6 is 0 Å². The topological polar surface area (TPSA) is 96.7 Å². The standard InChI is InChI=1S/C26H28F4N2O5S/c1-16-10-19(7-8-20(16)27)38(34,35)32-14-18(13-24(2,3)15-31)36-22-9-6-17(11-21(22)32)12-23(33)37-25(4,5)26(28,29)30/h6-11,18H,12-14H2,1-5H3/t18-/m1/s1. The number of nitrogens with zero attached hydrogens (tertiary/aromatic N) is 2. The first kappa shape index (κ1) is 29.2. The minimum Gasteiger partial charge on any atom is -0.486 e. The summed E-state index contributed by atoms with van der Waals surface area (Å²) in [6.45, 7) is 6.06. The number of carbonyl (C=O) groups is 1. The zero-order valence-corrected chi connectivity index (χ0v) is 22.3. The molecule has 1 heterocycles. The lowest BCUT2D eigenvalue weighted by Crippen LogP contribution is -2.45. The number of alkyl halides is 3. The van der Waals surface area contributed by atoms with Gasteiger partial charge >= 0.3 is 12.1 Å². The van der Waals surface area contributed by atoms with Crippen molar-refractivity contribution in [3.05, 3.63) is 53.3 Å². The number of benzene rings is 2. The van der Waals surface area contributed by atoms with Crippen LogP contribution in [-0.4, -0.2) is 38.8 Å². The van der Waals surface area contributed by atoms with E-state index in [1.165, 1.54) is 31.2 Å². The molecule has 0 aromatic heterocycles. The van der Waals surface area contributed by atoms with Gasteiger partial charge in [-0.1, -0.05) is 6.07 Å². The Morgan fingerprint density at radius 2 is 1.82 bits per heavy atom. The average Bonchev–Trinajstić information content (AvgIpc) is 2.79. The summed E-state index contributed by atoms with van der Waals surface area (Å²) >= 11 is 0. The number of hydrogen-bond acceptors (Lipinski definition) is 6. The van der Waals surface area contributed by atoms with Gasteiger partial charge in [0.1, 0.15) is 17.7 Å². The number of esters is 1. The maximum absolute atomic E-state index is 13.8. The molecule has 0 radical (unpaired) electrons. The van der Waals surface area contributed by atoms with E-state index in [1.807, 2.05) is 0 Å². The second kappa shape index (κ2) is 10.1. The molecular formula is C26H28F4N2O5S. The largest absolute Gasteiger partial charge is 0.486 e. The van der Waals surface area contributed by atoms with Gasteiger partial charge in [0.25, 0.3) is 10.0 Å². The lowest BCUT2D eigenvalue weighted by atomic mass is 9.88. The molecule has 0 amide bonds. The van der Waals surface area contributed by atoms with Crippen molar-refractivity contribution in [2.75, 3.05) is 10.8 Å². The first-order valence-electron chi connectivity index (χ1n) is 11.6. The summed E-state index contributed by atoms with van der Waals surface area (Å²) in [4.78, 5) is 12.1. The van der Waals surface area contributed by atoms with Gasteiger partial charge in [-0.3, -0.25) is 9.10 Å². The van der Waals surface area contributed by atoms with Gasteiger partial charge in [0.2, 0.25) is 5.60 Å². The Labute approximate surface area is 219 Å². The van der Waals surface area contributed by atoms with E-state index in [4.69, 9.17) is 4.74 Å². The molecule has 1 aliphatic heterocycles. The zero-order valence-electron chi connectivity index (χ0n) is 21.5. The third-order valence-corrected chi connectivity index (χ3v) is 7.89. The summed E-state index contributed by atoms with van der Waals surface area (Å²) in [7, 11) is -4.26. The summed E-state index contributed by atoms with van der Waals surface area (Å²) in [5.41, 5.74) is -3.18. The van der Waals surface area contributed by atoms with E-state index >= 15 is 0 Å². The normalized spacial score (nSPS) is 16.3. The van der Waals surface area contributed by atoms with E-state index in [-0.39, 0.29) is 40.4 Å². The SMILES string of the molecule is Cc1cc(S(=O)(=O)N2C[C@@H](CC(C)(C)C#N)Oc3ccc(CC(=O)OC(C)(C)C(F)(F)F)cc32)ccc1F. The number of halogens is 4. The van der Waals surface area contributed by atoms with Crippen LogP contribution in [0.2, 0.25) is 0 Å². The third kappa shape index (κ3) is 6.20. The zero-order chi connectivity index (χ0) is 28.7. The van der Waals surface area contributed by atoms with Crippen LogP contribution in [0.4, 0.5) is 23.2 Å². The van der Waals surface area contributed by atoms with Gasteiger partial charge in [0.15, 0.2) is 0 Å². The van der Waals surface area contributed by atoms with Crippen molar-refractivity contribution < 1.29 is 40.2 Å². The summed E-state index contributed by atoms with van der Waals surface area (Å²) in [6, 6.07) is 9.67. The van der Waals surface area contributed by atoms with Crippen LogP contribution in [0.25, 0.3) is 0 Å². The lowest BCUT2D eigenvalue weighted by Gasteiger charge is -2.37. The summed E-state index contributed by atoms with van der Waals surface area (Å²) in [5.74, 6) is -1.59. The minimum atomic E-state index is -4.78. The Morgan fingerprint density at radius 3 is 2.39 bits per heavy atom. The molecule has 0 spiro atoms. The number of nitriles is 1. The van der Waals surface area contributed by atoms with E-state index < -0.39 is 51.5 Å². The maximum Gasteiger partial charge on any atom is 0.427 e. The fourth-order valence-corrected chi connectivity index (χ4v) is 5.45. The highest BCUT2D eigenvalue weighted by Crippen LogP contribution is 2.40. The molecule has 3 rings (SSSR count). The van der Waals surface area contributed by atoms with Crippen LogP contribution < -0.4 is 9.04 Å². The molecule has 0 fully saturated rings. The number of anilines is 1. The fourth-order valence-electron chi connectivity index (χ4n) is 3.87. The monoisotopic (exact) mass is 556 g/mol. The van der Waals surface area contributed by atoms with Gasteiger partial charge < -0.3 is 9.47 Å². The van der Waals surface area contributed by atoms with Crippen molar-refractivity contribution in [1.29, 1.82) is 5.26 Å². The third-order valence-electron chi connectivity index (χ3n) is 6.11. The molecule has 0 aliphatic carbocycles. The van der Waals surface area contributed by atoms with Gasteiger partial charge in [0, 0.05) is 6.42 Å². The Morgan fingerprint density at radius 1 is 1.16 bits per heavy atom. The summed E-state index contributed by atoms with van der Waals surface area (Å²) in [6.07, 6.45) is -5.85. The molecule has 1 atom stereocenters. The molecule has 2 aromatic carbocycles. The molecular weight excluding hydrogens is 528 g/mol. The first-order valence-corrected chi connectivity index (χ1v) is 13.1.